The average Bonchev–Trinajstić information content (AvgIpc) is 2.28. The lowest BCUT2D eigenvalue weighted by Gasteiger charge is -2.40. The lowest BCUT2D eigenvalue weighted by Crippen LogP contribution is -2.55. The molecule has 14 heavy (non-hydrogen) atoms. The average molecular weight is 200 g/mol. The molecule has 1 amide bonds. The number of nitrogens with one attached hydrogen (secondary N) is 1. The molecule has 1 heterocycles. The summed E-state index contributed by atoms with van der Waals surface area (Å²) in [5.74, 6) is 0.215. The van der Waals surface area contributed by atoms with E-state index in [-0.39, 0.29) is 18.1 Å². The second-order valence-electron chi connectivity index (χ2n) is 3.92. The molecule has 0 aromatic heterocycles. The SMILES string of the molecule is CCC(=O)N1CCC(CO)(NC)CC1. The fourth-order valence-electron chi connectivity index (χ4n) is 1.89. The molecule has 82 valence electrons. The smallest absolute Gasteiger partial charge is 0.222 e. The highest BCUT2D eigenvalue weighted by Gasteiger charge is 2.33. The molecule has 0 saturated carbocycles. The van der Waals surface area contributed by atoms with Crippen molar-refractivity contribution in [3.8, 4) is 0 Å². The molecule has 1 aliphatic heterocycles. The zero-order valence-electron chi connectivity index (χ0n) is 9.05. The Morgan fingerprint density at radius 3 is 2.43 bits per heavy atom. The summed E-state index contributed by atoms with van der Waals surface area (Å²) >= 11 is 0. The Hall–Kier alpha value is -0.610. The molecule has 2 N–H and O–H groups in total. The van der Waals surface area contributed by atoms with Crippen molar-refractivity contribution >= 4 is 5.91 Å². The molecule has 0 aromatic carbocycles. The van der Waals surface area contributed by atoms with Gasteiger partial charge in [-0.3, -0.25) is 4.79 Å². The third-order valence-electron chi connectivity index (χ3n) is 3.21. The van der Waals surface area contributed by atoms with E-state index in [0.717, 1.165) is 25.9 Å². The summed E-state index contributed by atoms with van der Waals surface area (Å²) in [5, 5.41) is 12.4. The summed E-state index contributed by atoms with van der Waals surface area (Å²) in [6, 6.07) is 0. The monoisotopic (exact) mass is 200 g/mol. The van der Waals surface area contributed by atoms with Gasteiger partial charge in [0.25, 0.3) is 0 Å². The van der Waals surface area contributed by atoms with Gasteiger partial charge >= 0.3 is 0 Å². The Bertz CT molecular complexity index is 192. The molecule has 0 spiro atoms. The van der Waals surface area contributed by atoms with E-state index in [1.807, 2.05) is 18.9 Å². The lowest BCUT2D eigenvalue weighted by molar-refractivity contribution is -0.132. The second kappa shape index (κ2) is 4.75. The normalized spacial score (nSPS) is 20.9. The maximum atomic E-state index is 11.4. The van der Waals surface area contributed by atoms with Gasteiger partial charge in [-0.15, -0.1) is 0 Å². The number of likely N-dealkylation sites (tertiary alicyclic amines) is 1. The number of aliphatic hydroxyl groups excluding tert-OH is 1. The standard InChI is InChI=1S/C10H20N2O2/c1-3-9(14)12-6-4-10(8-13,11-2)5-7-12/h11,13H,3-8H2,1-2H3. The van der Waals surface area contributed by atoms with Crippen molar-refractivity contribution in [2.75, 3.05) is 26.7 Å². The number of carbonyl (C=O) groups is 1. The summed E-state index contributed by atoms with van der Waals surface area (Å²) in [6.45, 7) is 3.55. The summed E-state index contributed by atoms with van der Waals surface area (Å²) in [6.07, 6.45) is 2.25. The van der Waals surface area contributed by atoms with Gasteiger partial charge in [0.15, 0.2) is 0 Å². The number of hydrogen-bond acceptors (Lipinski definition) is 3. The van der Waals surface area contributed by atoms with Gasteiger partial charge in [-0.2, -0.15) is 0 Å². The number of rotatable bonds is 3. The Labute approximate surface area is 85.3 Å². The van der Waals surface area contributed by atoms with Crippen molar-refractivity contribution in [3.63, 3.8) is 0 Å². The van der Waals surface area contributed by atoms with Crippen molar-refractivity contribution in [1.82, 2.24) is 10.2 Å². The predicted octanol–water partition coefficient (Wildman–Crippen LogP) is -0.0307. The minimum absolute atomic E-state index is 0.150. The fraction of sp³-hybridized carbons (Fsp3) is 0.900. The number of piperidine rings is 1. The Morgan fingerprint density at radius 2 is 2.07 bits per heavy atom. The van der Waals surface area contributed by atoms with Gasteiger partial charge in [0.05, 0.1) is 6.61 Å². The number of likely N-dealkylation sites (N-methyl/N-ethyl adjacent to an activating group) is 1. The molecule has 1 saturated heterocycles. The Morgan fingerprint density at radius 1 is 1.50 bits per heavy atom. The van der Waals surface area contributed by atoms with Crippen LogP contribution in [0.5, 0.6) is 0 Å². The number of aliphatic hydroxyl groups is 1. The molecule has 1 rings (SSSR count). The lowest BCUT2D eigenvalue weighted by atomic mass is 9.88. The summed E-state index contributed by atoms with van der Waals surface area (Å²) in [4.78, 5) is 13.3. The third kappa shape index (κ3) is 2.25. The highest BCUT2D eigenvalue weighted by atomic mass is 16.3. The van der Waals surface area contributed by atoms with E-state index in [9.17, 15) is 9.90 Å². The molecule has 0 bridgehead atoms. The first-order valence-corrected chi connectivity index (χ1v) is 5.25. The largest absolute Gasteiger partial charge is 0.394 e. The first-order valence-electron chi connectivity index (χ1n) is 5.25. The van der Waals surface area contributed by atoms with E-state index >= 15 is 0 Å². The molecule has 0 radical (unpaired) electrons. The molecular weight excluding hydrogens is 180 g/mol. The quantitative estimate of drug-likeness (QED) is 0.672. The maximum absolute atomic E-state index is 11.4. The van der Waals surface area contributed by atoms with Crippen molar-refractivity contribution < 1.29 is 9.90 Å². The van der Waals surface area contributed by atoms with Crippen LogP contribution in [0.15, 0.2) is 0 Å². The molecule has 0 aliphatic carbocycles. The van der Waals surface area contributed by atoms with Crippen LogP contribution in [0.3, 0.4) is 0 Å². The predicted molar refractivity (Wildman–Crippen MR) is 55.0 cm³/mol. The third-order valence-corrected chi connectivity index (χ3v) is 3.21. The van der Waals surface area contributed by atoms with E-state index < -0.39 is 0 Å². The van der Waals surface area contributed by atoms with Crippen LogP contribution in [0.1, 0.15) is 26.2 Å². The van der Waals surface area contributed by atoms with E-state index in [0.29, 0.717) is 6.42 Å². The van der Waals surface area contributed by atoms with E-state index in [1.54, 1.807) is 0 Å². The number of carbonyl (C=O) groups excluding carboxylic acids is 1. The fourth-order valence-corrected chi connectivity index (χ4v) is 1.89. The van der Waals surface area contributed by atoms with E-state index in [2.05, 4.69) is 5.32 Å². The van der Waals surface area contributed by atoms with Gasteiger partial charge in [-0.25, -0.2) is 0 Å². The topological polar surface area (TPSA) is 52.6 Å². The molecule has 1 aliphatic rings. The first-order chi connectivity index (χ1) is 6.67. The first kappa shape index (κ1) is 11.5. The van der Waals surface area contributed by atoms with Gasteiger partial charge in [-0.1, -0.05) is 6.92 Å². The molecular formula is C10H20N2O2. The van der Waals surface area contributed by atoms with Crippen LogP contribution in [0.4, 0.5) is 0 Å². The summed E-state index contributed by atoms with van der Waals surface area (Å²) in [5.41, 5.74) is -0.162. The molecule has 4 nitrogen and oxygen atoms in total. The zero-order valence-corrected chi connectivity index (χ0v) is 9.05. The van der Waals surface area contributed by atoms with Crippen LogP contribution in [0, 0.1) is 0 Å². The van der Waals surface area contributed by atoms with Crippen LogP contribution in [-0.2, 0) is 4.79 Å². The number of amides is 1. The second-order valence-corrected chi connectivity index (χ2v) is 3.92. The minimum Gasteiger partial charge on any atom is -0.394 e. The van der Waals surface area contributed by atoms with Crippen molar-refractivity contribution in [2.24, 2.45) is 0 Å². The van der Waals surface area contributed by atoms with Gasteiger partial charge in [-0.05, 0) is 19.9 Å². The highest BCUT2D eigenvalue weighted by molar-refractivity contribution is 5.75. The highest BCUT2D eigenvalue weighted by Crippen LogP contribution is 2.21. The van der Waals surface area contributed by atoms with Crippen LogP contribution in [0.2, 0.25) is 0 Å². The van der Waals surface area contributed by atoms with Crippen molar-refractivity contribution in [2.45, 2.75) is 31.7 Å². The Kier molecular flexibility index (Phi) is 3.89. The van der Waals surface area contributed by atoms with Crippen LogP contribution >= 0.6 is 0 Å². The van der Waals surface area contributed by atoms with Gasteiger partial charge < -0.3 is 15.3 Å². The van der Waals surface area contributed by atoms with Crippen LogP contribution in [-0.4, -0.2) is 48.2 Å². The number of nitrogens with zero attached hydrogens (tertiary/aromatic N) is 1. The molecule has 0 aromatic rings. The Balaban J connectivity index is 2.48. The van der Waals surface area contributed by atoms with Crippen LogP contribution in [0.25, 0.3) is 0 Å². The van der Waals surface area contributed by atoms with Gasteiger partial charge in [0, 0.05) is 25.0 Å². The molecule has 0 unspecified atom stereocenters. The minimum atomic E-state index is -0.162. The van der Waals surface area contributed by atoms with E-state index in [4.69, 9.17) is 0 Å². The number of hydrogen-bond donors (Lipinski definition) is 2. The molecule has 4 heteroatoms. The molecule has 0 atom stereocenters. The summed E-state index contributed by atoms with van der Waals surface area (Å²) in [7, 11) is 1.87. The zero-order chi connectivity index (χ0) is 10.6. The van der Waals surface area contributed by atoms with E-state index in [1.165, 1.54) is 0 Å². The maximum Gasteiger partial charge on any atom is 0.222 e. The summed E-state index contributed by atoms with van der Waals surface area (Å²) < 4.78 is 0. The van der Waals surface area contributed by atoms with Crippen LogP contribution < -0.4 is 5.32 Å². The van der Waals surface area contributed by atoms with Gasteiger partial charge in [0.2, 0.25) is 5.91 Å². The van der Waals surface area contributed by atoms with Gasteiger partial charge in [0.1, 0.15) is 0 Å². The van der Waals surface area contributed by atoms with Crippen molar-refractivity contribution in [1.29, 1.82) is 0 Å². The van der Waals surface area contributed by atoms with Crippen molar-refractivity contribution in [3.05, 3.63) is 0 Å². The molecule has 1 fully saturated rings.